The molecule has 0 spiro atoms. The summed E-state index contributed by atoms with van der Waals surface area (Å²) in [5.74, 6) is 2.34. The van der Waals surface area contributed by atoms with Gasteiger partial charge in [0.1, 0.15) is 5.82 Å². The van der Waals surface area contributed by atoms with Crippen molar-refractivity contribution >= 4 is 11.8 Å². The molecule has 0 radical (unpaired) electrons. The van der Waals surface area contributed by atoms with Crippen LogP contribution in [0.5, 0.6) is 0 Å². The number of nitrogen functional groups attached to an aromatic ring is 1. The van der Waals surface area contributed by atoms with E-state index in [1.165, 1.54) is 17.5 Å². The van der Waals surface area contributed by atoms with Gasteiger partial charge in [-0.1, -0.05) is 30.3 Å². The van der Waals surface area contributed by atoms with E-state index in [-0.39, 0.29) is 0 Å². The first-order valence-corrected chi connectivity index (χ1v) is 8.47. The van der Waals surface area contributed by atoms with Crippen LogP contribution in [-0.4, -0.2) is 29.6 Å². The standard InChI is InChI=1S/C18H23N5/c19-18-22-16-14(13-5-2-1-3-6-13)7-4-8-15(16)17(23-18)21-11-12-9-20-10-12/h1-3,5-6,12,14,20H,4,7-11H2,(H3,19,21,22,23). The van der Waals surface area contributed by atoms with Crippen molar-refractivity contribution in [2.75, 3.05) is 30.7 Å². The highest BCUT2D eigenvalue weighted by Gasteiger charge is 2.27. The Morgan fingerprint density at radius 2 is 2.00 bits per heavy atom. The average Bonchev–Trinajstić information content (AvgIpc) is 2.53. The summed E-state index contributed by atoms with van der Waals surface area (Å²) in [6.45, 7) is 3.12. The lowest BCUT2D eigenvalue weighted by Crippen LogP contribution is -2.45. The second-order valence-corrected chi connectivity index (χ2v) is 6.55. The Labute approximate surface area is 136 Å². The summed E-state index contributed by atoms with van der Waals surface area (Å²) in [5.41, 5.74) is 9.69. The van der Waals surface area contributed by atoms with Crippen molar-refractivity contribution < 1.29 is 0 Å². The van der Waals surface area contributed by atoms with Gasteiger partial charge in [-0.25, -0.2) is 4.98 Å². The molecule has 120 valence electrons. The number of nitrogens with two attached hydrogens (primary N) is 1. The molecule has 1 aromatic carbocycles. The molecule has 1 aromatic heterocycles. The van der Waals surface area contributed by atoms with Gasteiger partial charge in [-0.3, -0.25) is 0 Å². The van der Waals surface area contributed by atoms with Gasteiger partial charge >= 0.3 is 0 Å². The number of benzene rings is 1. The van der Waals surface area contributed by atoms with E-state index in [9.17, 15) is 0 Å². The van der Waals surface area contributed by atoms with E-state index in [0.717, 1.165) is 44.0 Å². The van der Waals surface area contributed by atoms with Gasteiger partial charge < -0.3 is 16.4 Å². The van der Waals surface area contributed by atoms with E-state index in [1.807, 2.05) is 0 Å². The fraction of sp³-hybridized carbons (Fsp3) is 0.444. The number of rotatable bonds is 4. The highest BCUT2D eigenvalue weighted by molar-refractivity contribution is 5.53. The normalized spacial score (nSPS) is 20.6. The number of fused-ring (bicyclic) bond motifs is 1. The van der Waals surface area contributed by atoms with Crippen LogP contribution >= 0.6 is 0 Å². The summed E-state index contributed by atoms with van der Waals surface area (Å²) in [6.07, 6.45) is 3.32. The second kappa shape index (κ2) is 6.16. The van der Waals surface area contributed by atoms with Crippen LogP contribution in [-0.2, 0) is 6.42 Å². The number of nitrogens with one attached hydrogen (secondary N) is 2. The Morgan fingerprint density at radius 3 is 2.74 bits per heavy atom. The molecular formula is C18H23N5. The zero-order chi connectivity index (χ0) is 15.6. The van der Waals surface area contributed by atoms with Crippen LogP contribution in [0, 0.1) is 5.92 Å². The SMILES string of the molecule is Nc1nc(NCC2CNC2)c2c(n1)C(c1ccccc1)CCC2. The number of anilines is 2. The summed E-state index contributed by atoms with van der Waals surface area (Å²) in [4.78, 5) is 9.09. The van der Waals surface area contributed by atoms with Crippen molar-refractivity contribution in [3.8, 4) is 0 Å². The quantitative estimate of drug-likeness (QED) is 0.807. The van der Waals surface area contributed by atoms with Crippen molar-refractivity contribution in [1.82, 2.24) is 15.3 Å². The average molecular weight is 309 g/mol. The monoisotopic (exact) mass is 309 g/mol. The van der Waals surface area contributed by atoms with Crippen LogP contribution in [0.15, 0.2) is 30.3 Å². The molecule has 1 saturated heterocycles. The van der Waals surface area contributed by atoms with Gasteiger partial charge in [-0.05, 0) is 24.8 Å². The largest absolute Gasteiger partial charge is 0.369 e. The minimum Gasteiger partial charge on any atom is -0.369 e. The van der Waals surface area contributed by atoms with Crippen LogP contribution < -0.4 is 16.4 Å². The summed E-state index contributed by atoms with van der Waals surface area (Å²) >= 11 is 0. The molecule has 4 N–H and O–H groups in total. The molecular weight excluding hydrogens is 286 g/mol. The second-order valence-electron chi connectivity index (χ2n) is 6.55. The molecule has 5 heteroatoms. The molecule has 0 saturated carbocycles. The van der Waals surface area contributed by atoms with E-state index in [4.69, 9.17) is 5.73 Å². The number of aromatic nitrogens is 2. The maximum Gasteiger partial charge on any atom is 0.222 e. The van der Waals surface area contributed by atoms with E-state index < -0.39 is 0 Å². The van der Waals surface area contributed by atoms with Crippen LogP contribution in [0.1, 0.15) is 35.6 Å². The van der Waals surface area contributed by atoms with Gasteiger partial charge in [0.15, 0.2) is 0 Å². The smallest absolute Gasteiger partial charge is 0.222 e. The van der Waals surface area contributed by atoms with E-state index >= 15 is 0 Å². The number of nitrogens with zero attached hydrogens (tertiary/aromatic N) is 2. The molecule has 23 heavy (non-hydrogen) atoms. The Kier molecular flexibility index (Phi) is 3.87. The van der Waals surface area contributed by atoms with Crippen molar-refractivity contribution in [2.24, 2.45) is 5.92 Å². The van der Waals surface area contributed by atoms with Crippen molar-refractivity contribution in [3.05, 3.63) is 47.2 Å². The maximum atomic E-state index is 6.00. The zero-order valence-corrected chi connectivity index (χ0v) is 13.3. The molecule has 0 bridgehead atoms. The van der Waals surface area contributed by atoms with Crippen LogP contribution in [0.25, 0.3) is 0 Å². The van der Waals surface area contributed by atoms with Crippen molar-refractivity contribution in [1.29, 1.82) is 0 Å². The molecule has 2 aromatic rings. The third kappa shape index (κ3) is 2.88. The molecule has 2 aliphatic rings. The fourth-order valence-corrected chi connectivity index (χ4v) is 3.56. The highest BCUT2D eigenvalue weighted by Crippen LogP contribution is 2.38. The maximum absolute atomic E-state index is 6.00. The lowest BCUT2D eigenvalue weighted by Gasteiger charge is -2.30. The van der Waals surface area contributed by atoms with E-state index in [1.54, 1.807) is 0 Å². The molecule has 0 amide bonds. The molecule has 4 rings (SSSR count). The predicted molar refractivity (Wildman–Crippen MR) is 92.5 cm³/mol. The Hall–Kier alpha value is -2.14. The molecule has 1 aliphatic carbocycles. The molecule has 2 heterocycles. The summed E-state index contributed by atoms with van der Waals surface area (Å²) in [5, 5.41) is 6.82. The zero-order valence-electron chi connectivity index (χ0n) is 13.3. The third-order valence-electron chi connectivity index (χ3n) is 4.93. The third-order valence-corrected chi connectivity index (χ3v) is 4.93. The fourth-order valence-electron chi connectivity index (χ4n) is 3.56. The number of hydrogen-bond donors (Lipinski definition) is 3. The minimum atomic E-state index is 0.330. The molecule has 1 unspecified atom stereocenters. The van der Waals surface area contributed by atoms with Crippen molar-refractivity contribution in [3.63, 3.8) is 0 Å². The van der Waals surface area contributed by atoms with Gasteiger partial charge in [0.25, 0.3) is 0 Å². The molecule has 1 atom stereocenters. The first-order valence-electron chi connectivity index (χ1n) is 8.47. The molecule has 1 aliphatic heterocycles. The van der Waals surface area contributed by atoms with Gasteiger partial charge in [0.05, 0.1) is 5.69 Å². The Balaban J connectivity index is 1.66. The molecule has 5 nitrogen and oxygen atoms in total. The van der Waals surface area contributed by atoms with Crippen LogP contribution in [0.3, 0.4) is 0 Å². The Morgan fingerprint density at radius 1 is 1.17 bits per heavy atom. The summed E-state index contributed by atoms with van der Waals surface area (Å²) < 4.78 is 0. The van der Waals surface area contributed by atoms with Crippen LogP contribution in [0.2, 0.25) is 0 Å². The predicted octanol–water partition coefficient (Wildman–Crippen LogP) is 2.16. The lowest BCUT2D eigenvalue weighted by atomic mass is 9.82. The highest BCUT2D eigenvalue weighted by atomic mass is 15.1. The van der Waals surface area contributed by atoms with Crippen molar-refractivity contribution in [2.45, 2.75) is 25.2 Å². The van der Waals surface area contributed by atoms with Crippen LogP contribution in [0.4, 0.5) is 11.8 Å². The lowest BCUT2D eigenvalue weighted by molar-refractivity contribution is 0.365. The van der Waals surface area contributed by atoms with Gasteiger partial charge in [0.2, 0.25) is 5.95 Å². The van der Waals surface area contributed by atoms with Gasteiger partial charge in [-0.15, -0.1) is 0 Å². The Bertz CT molecular complexity index is 681. The first kappa shape index (κ1) is 14.5. The van der Waals surface area contributed by atoms with E-state index in [0.29, 0.717) is 17.8 Å². The van der Waals surface area contributed by atoms with Gasteiger partial charge in [0, 0.05) is 37.0 Å². The summed E-state index contributed by atoms with van der Waals surface area (Å²) in [7, 11) is 0. The minimum absolute atomic E-state index is 0.330. The van der Waals surface area contributed by atoms with E-state index in [2.05, 4.69) is 50.9 Å². The molecule has 1 fully saturated rings. The van der Waals surface area contributed by atoms with Gasteiger partial charge in [-0.2, -0.15) is 4.98 Å². The number of hydrogen-bond acceptors (Lipinski definition) is 5. The first-order chi connectivity index (χ1) is 11.3. The summed E-state index contributed by atoms with van der Waals surface area (Å²) in [6, 6.07) is 10.6. The topological polar surface area (TPSA) is 75.9 Å².